The predicted octanol–water partition coefficient (Wildman–Crippen LogP) is 1.56. The molecule has 0 aliphatic heterocycles. The molecule has 0 radical (unpaired) electrons. The molecule has 2 nitrogen and oxygen atoms in total. The molecule has 1 saturated carbocycles. The molecule has 0 aromatic heterocycles. The fourth-order valence-electron chi connectivity index (χ4n) is 2.23. The van der Waals surface area contributed by atoms with Gasteiger partial charge in [0.05, 0.1) is 12.7 Å². The molecule has 0 spiro atoms. The number of rotatable bonds is 2. The van der Waals surface area contributed by atoms with Crippen LogP contribution in [0.15, 0.2) is 0 Å². The monoisotopic (exact) mass is 172 g/mol. The second-order valence-electron chi connectivity index (χ2n) is 4.77. The molecule has 2 N–H and O–H groups in total. The Morgan fingerprint density at radius 3 is 2.67 bits per heavy atom. The molecule has 1 fully saturated rings. The van der Waals surface area contributed by atoms with Crippen LogP contribution < -0.4 is 0 Å². The maximum atomic E-state index is 9.46. The van der Waals surface area contributed by atoms with Gasteiger partial charge in [-0.25, -0.2) is 0 Å². The summed E-state index contributed by atoms with van der Waals surface area (Å²) in [5, 5.41) is 18.3. The molecule has 1 rings (SSSR count). The quantitative estimate of drug-likeness (QED) is 0.663. The first-order valence-electron chi connectivity index (χ1n) is 4.84. The number of aliphatic hydroxyl groups excluding tert-OH is 2. The second-order valence-corrected chi connectivity index (χ2v) is 4.77. The highest BCUT2D eigenvalue weighted by Crippen LogP contribution is 2.39. The van der Waals surface area contributed by atoms with E-state index in [-0.39, 0.29) is 6.61 Å². The van der Waals surface area contributed by atoms with Crippen molar-refractivity contribution < 1.29 is 10.2 Å². The summed E-state index contributed by atoms with van der Waals surface area (Å²) in [6.45, 7) is 4.40. The number of aliphatic hydroxyl groups is 2. The molecule has 2 heteroatoms. The predicted molar refractivity (Wildman–Crippen MR) is 48.8 cm³/mol. The summed E-state index contributed by atoms with van der Waals surface area (Å²) >= 11 is 0. The molecule has 2 unspecified atom stereocenters. The van der Waals surface area contributed by atoms with Gasteiger partial charge >= 0.3 is 0 Å². The van der Waals surface area contributed by atoms with Crippen molar-refractivity contribution >= 4 is 0 Å². The highest BCUT2D eigenvalue weighted by molar-refractivity contribution is 4.82. The van der Waals surface area contributed by atoms with Gasteiger partial charge < -0.3 is 10.2 Å². The van der Waals surface area contributed by atoms with Crippen LogP contribution in [0.3, 0.4) is 0 Å². The normalized spacial score (nSPS) is 31.5. The number of hydrogen-bond acceptors (Lipinski definition) is 2. The molecular weight excluding hydrogens is 152 g/mol. The summed E-state index contributed by atoms with van der Waals surface area (Å²) in [4.78, 5) is 0. The SMILES string of the molecule is CC1(C)CCCC(C(O)CO)C1. The van der Waals surface area contributed by atoms with E-state index in [9.17, 15) is 5.11 Å². The van der Waals surface area contributed by atoms with E-state index in [2.05, 4.69) is 13.8 Å². The van der Waals surface area contributed by atoms with Crippen molar-refractivity contribution in [3.05, 3.63) is 0 Å². The highest BCUT2D eigenvalue weighted by Gasteiger charge is 2.31. The summed E-state index contributed by atoms with van der Waals surface area (Å²) in [7, 11) is 0. The molecule has 0 heterocycles. The van der Waals surface area contributed by atoms with Crippen molar-refractivity contribution in [3.63, 3.8) is 0 Å². The van der Waals surface area contributed by atoms with Crippen molar-refractivity contribution in [2.75, 3.05) is 6.61 Å². The Labute approximate surface area is 74.6 Å². The minimum Gasteiger partial charge on any atom is -0.394 e. The van der Waals surface area contributed by atoms with Crippen molar-refractivity contribution in [2.24, 2.45) is 11.3 Å². The van der Waals surface area contributed by atoms with Gasteiger partial charge in [0, 0.05) is 0 Å². The molecule has 0 aromatic rings. The number of hydrogen-bond donors (Lipinski definition) is 2. The first-order valence-corrected chi connectivity index (χ1v) is 4.84. The van der Waals surface area contributed by atoms with E-state index >= 15 is 0 Å². The topological polar surface area (TPSA) is 40.5 Å². The van der Waals surface area contributed by atoms with Crippen LogP contribution >= 0.6 is 0 Å². The van der Waals surface area contributed by atoms with Crippen molar-refractivity contribution in [3.8, 4) is 0 Å². The standard InChI is InChI=1S/C10H20O2/c1-10(2)5-3-4-8(6-10)9(12)7-11/h8-9,11-12H,3-7H2,1-2H3. The highest BCUT2D eigenvalue weighted by atomic mass is 16.3. The summed E-state index contributed by atoms with van der Waals surface area (Å²) in [6, 6.07) is 0. The molecule has 72 valence electrons. The largest absolute Gasteiger partial charge is 0.394 e. The van der Waals surface area contributed by atoms with Crippen LogP contribution in [0.4, 0.5) is 0 Å². The Morgan fingerprint density at radius 1 is 1.50 bits per heavy atom. The molecular formula is C10H20O2. The van der Waals surface area contributed by atoms with Gasteiger partial charge in [-0.3, -0.25) is 0 Å². The lowest BCUT2D eigenvalue weighted by Gasteiger charge is -2.36. The minimum absolute atomic E-state index is 0.0826. The lowest BCUT2D eigenvalue weighted by Crippen LogP contribution is -2.32. The summed E-state index contributed by atoms with van der Waals surface area (Å²) in [5.41, 5.74) is 0.360. The van der Waals surface area contributed by atoms with E-state index in [0.717, 1.165) is 12.8 Å². The van der Waals surface area contributed by atoms with E-state index in [4.69, 9.17) is 5.11 Å². The Kier molecular flexibility index (Phi) is 3.13. The molecule has 1 aliphatic carbocycles. The average Bonchev–Trinajstić information content (AvgIpc) is 2.01. The zero-order chi connectivity index (χ0) is 9.19. The van der Waals surface area contributed by atoms with Crippen LogP contribution in [0.2, 0.25) is 0 Å². The van der Waals surface area contributed by atoms with Gasteiger partial charge in [0.25, 0.3) is 0 Å². The molecule has 0 bridgehead atoms. The Bertz CT molecular complexity index is 143. The average molecular weight is 172 g/mol. The van der Waals surface area contributed by atoms with Gasteiger partial charge in [-0.15, -0.1) is 0 Å². The Hall–Kier alpha value is -0.0800. The lowest BCUT2D eigenvalue weighted by atomic mass is 9.70. The zero-order valence-electron chi connectivity index (χ0n) is 8.08. The van der Waals surface area contributed by atoms with Gasteiger partial charge in [0.15, 0.2) is 0 Å². The van der Waals surface area contributed by atoms with Crippen molar-refractivity contribution in [1.29, 1.82) is 0 Å². The summed E-state index contributed by atoms with van der Waals surface area (Å²) in [5.74, 6) is 0.318. The smallest absolute Gasteiger partial charge is 0.0799 e. The van der Waals surface area contributed by atoms with Gasteiger partial charge in [0.1, 0.15) is 0 Å². The summed E-state index contributed by atoms with van der Waals surface area (Å²) in [6.07, 6.45) is 4.07. The molecule has 12 heavy (non-hydrogen) atoms. The van der Waals surface area contributed by atoms with Gasteiger partial charge in [0.2, 0.25) is 0 Å². The molecule has 0 saturated heterocycles. The third-order valence-corrected chi connectivity index (χ3v) is 2.97. The fraction of sp³-hybridized carbons (Fsp3) is 1.00. The first-order chi connectivity index (χ1) is 5.55. The van der Waals surface area contributed by atoms with Gasteiger partial charge in [-0.05, 0) is 30.6 Å². The molecule has 0 amide bonds. The van der Waals surface area contributed by atoms with Crippen molar-refractivity contribution in [2.45, 2.75) is 45.6 Å². The van der Waals surface area contributed by atoms with Crippen LogP contribution in [-0.2, 0) is 0 Å². The van der Waals surface area contributed by atoms with E-state index < -0.39 is 6.10 Å². The van der Waals surface area contributed by atoms with E-state index in [1.165, 1.54) is 12.8 Å². The van der Waals surface area contributed by atoms with Crippen LogP contribution in [0, 0.1) is 11.3 Å². The third kappa shape index (κ3) is 2.46. The van der Waals surface area contributed by atoms with Crippen LogP contribution in [-0.4, -0.2) is 22.9 Å². The zero-order valence-corrected chi connectivity index (χ0v) is 8.08. The van der Waals surface area contributed by atoms with E-state index in [1.807, 2.05) is 0 Å². The Morgan fingerprint density at radius 2 is 2.17 bits per heavy atom. The van der Waals surface area contributed by atoms with Crippen LogP contribution in [0.25, 0.3) is 0 Å². The first kappa shape index (κ1) is 10.0. The lowest BCUT2D eigenvalue weighted by molar-refractivity contribution is 0.00871. The minimum atomic E-state index is -0.496. The summed E-state index contributed by atoms with van der Waals surface area (Å²) < 4.78 is 0. The maximum absolute atomic E-state index is 9.46. The maximum Gasteiger partial charge on any atom is 0.0799 e. The molecule has 0 aromatic carbocycles. The third-order valence-electron chi connectivity index (χ3n) is 2.97. The molecule has 1 aliphatic rings. The van der Waals surface area contributed by atoms with Gasteiger partial charge in [-0.2, -0.15) is 0 Å². The van der Waals surface area contributed by atoms with Crippen LogP contribution in [0.1, 0.15) is 39.5 Å². The van der Waals surface area contributed by atoms with Crippen molar-refractivity contribution in [1.82, 2.24) is 0 Å². The van der Waals surface area contributed by atoms with E-state index in [0.29, 0.717) is 11.3 Å². The van der Waals surface area contributed by atoms with Gasteiger partial charge in [-0.1, -0.05) is 20.3 Å². The fourth-order valence-corrected chi connectivity index (χ4v) is 2.23. The molecule has 2 atom stereocenters. The van der Waals surface area contributed by atoms with Crippen LogP contribution in [0.5, 0.6) is 0 Å². The second kappa shape index (κ2) is 3.75. The van der Waals surface area contributed by atoms with E-state index in [1.54, 1.807) is 0 Å². The Balaban J connectivity index is 2.46.